The van der Waals surface area contributed by atoms with Gasteiger partial charge in [0.15, 0.2) is 5.82 Å². The lowest BCUT2D eigenvalue weighted by Crippen LogP contribution is -2.31. The molecule has 0 aliphatic heterocycles. The molecule has 0 aliphatic carbocycles. The number of benzene rings is 1. The second-order valence-electron chi connectivity index (χ2n) is 6.01. The number of alkyl halides is 3. The number of nitrogens with zero attached hydrogens (tertiary/aromatic N) is 3. The van der Waals surface area contributed by atoms with Gasteiger partial charge in [0.05, 0.1) is 5.56 Å². The maximum Gasteiger partial charge on any atom is 0.417 e. The molecule has 3 rings (SSSR count). The second-order valence-corrected chi connectivity index (χ2v) is 6.01. The van der Waals surface area contributed by atoms with Crippen molar-refractivity contribution < 1.29 is 23.1 Å². The van der Waals surface area contributed by atoms with E-state index in [4.69, 9.17) is 0 Å². The summed E-state index contributed by atoms with van der Waals surface area (Å²) in [5.74, 6) is -0.0635. The van der Waals surface area contributed by atoms with Gasteiger partial charge in [-0.3, -0.25) is 9.78 Å². The van der Waals surface area contributed by atoms with Crippen LogP contribution in [0.15, 0.2) is 55.0 Å². The number of carbonyl (C=O) groups is 1. The Morgan fingerprint density at radius 1 is 1.14 bits per heavy atom. The lowest BCUT2D eigenvalue weighted by Gasteiger charge is -2.18. The zero-order valence-corrected chi connectivity index (χ0v) is 15.1. The van der Waals surface area contributed by atoms with Gasteiger partial charge in [-0.25, -0.2) is 9.97 Å². The van der Waals surface area contributed by atoms with E-state index in [1.54, 1.807) is 12.1 Å². The Kier molecular flexibility index (Phi) is 5.62. The molecule has 0 saturated carbocycles. The SMILES string of the molecule is CNC(=O)C(Nc1ccnc(-c2cncc(C(F)(F)F)c2)n1)c1ccc(O)cc1. The van der Waals surface area contributed by atoms with Crippen molar-refractivity contribution in [2.24, 2.45) is 0 Å². The van der Waals surface area contributed by atoms with Crippen molar-refractivity contribution in [2.45, 2.75) is 12.2 Å². The highest BCUT2D eigenvalue weighted by Crippen LogP contribution is 2.31. The van der Waals surface area contributed by atoms with Crippen LogP contribution in [0.4, 0.5) is 19.0 Å². The molecule has 0 fully saturated rings. The third-order valence-electron chi connectivity index (χ3n) is 4.01. The first-order chi connectivity index (χ1) is 13.8. The average molecular weight is 403 g/mol. The van der Waals surface area contributed by atoms with E-state index in [1.165, 1.54) is 37.6 Å². The van der Waals surface area contributed by atoms with Crippen LogP contribution in [-0.4, -0.2) is 33.0 Å². The summed E-state index contributed by atoms with van der Waals surface area (Å²) in [5.41, 5.74) is -0.267. The molecule has 2 heterocycles. The molecule has 29 heavy (non-hydrogen) atoms. The van der Waals surface area contributed by atoms with Gasteiger partial charge in [0, 0.05) is 31.2 Å². The van der Waals surface area contributed by atoms with Gasteiger partial charge in [0.25, 0.3) is 0 Å². The summed E-state index contributed by atoms with van der Waals surface area (Å²) in [4.78, 5) is 24.1. The summed E-state index contributed by atoms with van der Waals surface area (Å²) in [5, 5.41) is 14.9. The van der Waals surface area contributed by atoms with E-state index >= 15 is 0 Å². The second kappa shape index (κ2) is 8.13. The average Bonchev–Trinajstić information content (AvgIpc) is 2.72. The molecule has 1 amide bonds. The van der Waals surface area contributed by atoms with Gasteiger partial charge in [-0.05, 0) is 29.8 Å². The minimum absolute atomic E-state index is 0.0231. The third kappa shape index (κ3) is 4.78. The predicted octanol–water partition coefficient (Wildman–Crippen LogP) is 3.16. The van der Waals surface area contributed by atoms with Crippen LogP contribution in [0.25, 0.3) is 11.4 Å². The van der Waals surface area contributed by atoms with E-state index in [1.807, 2.05) is 0 Å². The first-order valence-corrected chi connectivity index (χ1v) is 8.40. The fourth-order valence-electron chi connectivity index (χ4n) is 2.55. The number of carbonyl (C=O) groups excluding carboxylic acids is 1. The number of hydrogen-bond acceptors (Lipinski definition) is 6. The lowest BCUT2D eigenvalue weighted by atomic mass is 10.1. The van der Waals surface area contributed by atoms with Crippen molar-refractivity contribution in [3.63, 3.8) is 0 Å². The summed E-state index contributed by atoms with van der Waals surface area (Å²) >= 11 is 0. The van der Waals surface area contributed by atoms with Gasteiger partial charge < -0.3 is 15.7 Å². The number of aromatic nitrogens is 3. The molecule has 3 aromatic rings. The van der Waals surface area contributed by atoms with Crippen LogP contribution in [0.1, 0.15) is 17.2 Å². The summed E-state index contributed by atoms with van der Waals surface area (Å²) < 4.78 is 38.8. The van der Waals surface area contributed by atoms with Crippen molar-refractivity contribution in [2.75, 3.05) is 12.4 Å². The Morgan fingerprint density at radius 3 is 2.52 bits per heavy atom. The molecule has 150 valence electrons. The summed E-state index contributed by atoms with van der Waals surface area (Å²) in [6.45, 7) is 0. The standard InChI is InChI=1S/C19H16F3N5O2/c1-23-18(29)16(11-2-4-14(28)5-3-11)26-15-6-7-25-17(27-15)12-8-13(10-24-9-12)19(20,21)22/h2-10,16,28H,1H3,(H,23,29)(H,25,26,27). The Morgan fingerprint density at radius 2 is 1.86 bits per heavy atom. The van der Waals surface area contributed by atoms with E-state index < -0.39 is 17.8 Å². The molecule has 1 aromatic carbocycles. The van der Waals surface area contributed by atoms with Crippen molar-refractivity contribution in [3.8, 4) is 17.1 Å². The highest BCUT2D eigenvalue weighted by Gasteiger charge is 2.31. The van der Waals surface area contributed by atoms with Gasteiger partial charge >= 0.3 is 6.18 Å². The topological polar surface area (TPSA) is 100 Å². The quantitative estimate of drug-likeness (QED) is 0.605. The van der Waals surface area contributed by atoms with E-state index in [0.717, 1.165) is 12.3 Å². The Labute approximate surface area is 163 Å². The summed E-state index contributed by atoms with van der Waals surface area (Å²) in [6, 6.07) is 7.56. The Hall–Kier alpha value is -3.69. The van der Waals surface area contributed by atoms with Crippen LogP contribution < -0.4 is 10.6 Å². The van der Waals surface area contributed by atoms with Gasteiger partial charge in [-0.1, -0.05) is 12.1 Å². The highest BCUT2D eigenvalue weighted by atomic mass is 19.4. The Balaban J connectivity index is 1.92. The van der Waals surface area contributed by atoms with Gasteiger partial charge in [-0.2, -0.15) is 13.2 Å². The molecule has 0 spiro atoms. The van der Waals surface area contributed by atoms with Crippen molar-refractivity contribution in [3.05, 3.63) is 66.1 Å². The molecule has 10 heteroatoms. The van der Waals surface area contributed by atoms with Crippen LogP contribution in [-0.2, 0) is 11.0 Å². The zero-order valence-electron chi connectivity index (χ0n) is 15.1. The maximum atomic E-state index is 12.9. The fraction of sp³-hybridized carbons (Fsp3) is 0.158. The van der Waals surface area contributed by atoms with Crippen LogP contribution in [0.3, 0.4) is 0 Å². The zero-order chi connectivity index (χ0) is 21.0. The van der Waals surface area contributed by atoms with Crippen molar-refractivity contribution in [1.29, 1.82) is 0 Å². The molecule has 1 atom stereocenters. The van der Waals surface area contributed by atoms with E-state index in [0.29, 0.717) is 5.56 Å². The molecule has 0 aliphatic rings. The molecular weight excluding hydrogens is 387 g/mol. The normalized spacial score (nSPS) is 12.3. The summed E-state index contributed by atoms with van der Waals surface area (Å²) in [7, 11) is 1.47. The first-order valence-electron chi connectivity index (χ1n) is 8.40. The number of anilines is 1. The first kappa shape index (κ1) is 20.1. The molecular formula is C19H16F3N5O2. The number of rotatable bonds is 5. The molecule has 0 bridgehead atoms. The number of phenolic OH excluding ortho intramolecular Hbond substituents is 1. The monoisotopic (exact) mass is 403 g/mol. The van der Waals surface area contributed by atoms with Crippen LogP contribution in [0, 0.1) is 0 Å². The van der Waals surface area contributed by atoms with Gasteiger partial charge in [0.2, 0.25) is 5.91 Å². The molecule has 3 N–H and O–H groups in total. The molecule has 1 unspecified atom stereocenters. The van der Waals surface area contributed by atoms with Crippen LogP contribution in [0.2, 0.25) is 0 Å². The number of hydrogen-bond donors (Lipinski definition) is 3. The minimum Gasteiger partial charge on any atom is -0.508 e. The number of likely N-dealkylation sites (N-methyl/N-ethyl adjacent to an activating group) is 1. The maximum absolute atomic E-state index is 12.9. The molecule has 0 radical (unpaired) electrons. The number of nitrogens with one attached hydrogen (secondary N) is 2. The van der Waals surface area contributed by atoms with Crippen LogP contribution >= 0.6 is 0 Å². The molecule has 2 aromatic heterocycles. The van der Waals surface area contributed by atoms with Crippen molar-refractivity contribution >= 4 is 11.7 Å². The van der Waals surface area contributed by atoms with E-state index in [9.17, 15) is 23.1 Å². The van der Waals surface area contributed by atoms with E-state index in [-0.39, 0.29) is 28.9 Å². The lowest BCUT2D eigenvalue weighted by molar-refractivity contribution is -0.137. The largest absolute Gasteiger partial charge is 0.508 e. The summed E-state index contributed by atoms with van der Waals surface area (Å²) in [6.07, 6.45) is -1.23. The number of phenols is 1. The highest BCUT2D eigenvalue weighted by molar-refractivity contribution is 5.85. The number of aromatic hydroxyl groups is 1. The fourth-order valence-corrected chi connectivity index (χ4v) is 2.55. The minimum atomic E-state index is -4.54. The molecule has 0 saturated heterocycles. The third-order valence-corrected chi connectivity index (χ3v) is 4.01. The van der Waals surface area contributed by atoms with Gasteiger partial charge in [0.1, 0.15) is 17.6 Å². The van der Waals surface area contributed by atoms with Gasteiger partial charge in [-0.15, -0.1) is 0 Å². The Bertz CT molecular complexity index is 1010. The number of halogens is 3. The smallest absolute Gasteiger partial charge is 0.417 e. The number of pyridine rings is 1. The number of amides is 1. The molecule has 7 nitrogen and oxygen atoms in total. The predicted molar refractivity (Wildman–Crippen MR) is 98.8 cm³/mol. The van der Waals surface area contributed by atoms with E-state index in [2.05, 4.69) is 25.6 Å². The van der Waals surface area contributed by atoms with Crippen LogP contribution in [0.5, 0.6) is 5.75 Å². The van der Waals surface area contributed by atoms with Crippen molar-refractivity contribution in [1.82, 2.24) is 20.3 Å².